The molecule has 2 atom stereocenters. The molecule has 0 unspecified atom stereocenters. The third-order valence-corrected chi connectivity index (χ3v) is 4.02. The monoisotopic (exact) mass is 390 g/mol. The minimum atomic E-state index is -1.40. The Morgan fingerprint density at radius 3 is 2.29 bits per heavy atom. The topological polar surface area (TPSA) is 95.5 Å². The third kappa shape index (κ3) is 6.15. The van der Waals surface area contributed by atoms with Gasteiger partial charge in [0, 0.05) is 19.8 Å². The third-order valence-electron chi connectivity index (χ3n) is 4.02. The molecule has 148 valence electrons. The van der Waals surface area contributed by atoms with Crippen LogP contribution in [-0.2, 0) is 27.2 Å². The van der Waals surface area contributed by atoms with E-state index in [1.807, 2.05) is 0 Å². The lowest BCUT2D eigenvalue weighted by Crippen LogP contribution is -2.52. The first-order chi connectivity index (χ1) is 13.3. The van der Waals surface area contributed by atoms with Gasteiger partial charge in [-0.1, -0.05) is 30.3 Å². The lowest BCUT2D eigenvalue weighted by Gasteiger charge is -2.21. The summed E-state index contributed by atoms with van der Waals surface area (Å²) in [4.78, 5) is 35.5. The first-order valence-corrected chi connectivity index (χ1v) is 8.54. The summed E-state index contributed by atoms with van der Waals surface area (Å²) in [5.41, 5.74) is 0.589. The van der Waals surface area contributed by atoms with Crippen LogP contribution in [0.4, 0.5) is 8.78 Å². The Hall–Kier alpha value is -3.29. The van der Waals surface area contributed by atoms with E-state index in [0.29, 0.717) is 5.56 Å². The number of rotatable bonds is 8. The van der Waals surface area contributed by atoms with Gasteiger partial charge in [-0.2, -0.15) is 0 Å². The van der Waals surface area contributed by atoms with Crippen molar-refractivity contribution in [3.63, 3.8) is 0 Å². The molecule has 0 aliphatic rings. The van der Waals surface area contributed by atoms with Gasteiger partial charge in [-0.3, -0.25) is 9.59 Å². The highest BCUT2D eigenvalue weighted by Crippen LogP contribution is 2.11. The normalized spacial score (nSPS) is 12.7. The molecule has 28 heavy (non-hydrogen) atoms. The molecule has 8 heteroatoms. The number of amides is 2. The zero-order chi connectivity index (χ0) is 20.7. The van der Waals surface area contributed by atoms with Crippen molar-refractivity contribution in [2.24, 2.45) is 0 Å². The highest BCUT2D eigenvalue weighted by Gasteiger charge is 2.27. The fourth-order valence-electron chi connectivity index (χ4n) is 2.71. The fraction of sp³-hybridized carbons (Fsp3) is 0.250. The highest BCUT2D eigenvalue weighted by atomic mass is 19.1. The van der Waals surface area contributed by atoms with Gasteiger partial charge < -0.3 is 15.7 Å². The quantitative estimate of drug-likeness (QED) is 0.641. The molecule has 0 heterocycles. The molecule has 0 aromatic heterocycles. The summed E-state index contributed by atoms with van der Waals surface area (Å²) in [6, 6.07) is 8.65. The van der Waals surface area contributed by atoms with E-state index in [1.165, 1.54) is 43.3 Å². The predicted octanol–water partition coefficient (Wildman–Crippen LogP) is 1.82. The van der Waals surface area contributed by atoms with Gasteiger partial charge in [-0.25, -0.2) is 13.6 Å². The van der Waals surface area contributed by atoms with Crippen molar-refractivity contribution in [1.82, 2.24) is 10.6 Å². The van der Waals surface area contributed by atoms with E-state index in [9.17, 15) is 28.3 Å². The second-order valence-electron chi connectivity index (χ2n) is 6.28. The number of carboxylic acids is 1. The number of carbonyl (C=O) groups is 3. The number of carbonyl (C=O) groups excluding carboxylic acids is 2. The maximum Gasteiger partial charge on any atom is 0.326 e. The van der Waals surface area contributed by atoms with Crippen molar-refractivity contribution in [3.8, 4) is 0 Å². The van der Waals surface area contributed by atoms with Gasteiger partial charge in [0.15, 0.2) is 0 Å². The van der Waals surface area contributed by atoms with E-state index in [0.717, 1.165) is 0 Å². The van der Waals surface area contributed by atoms with Gasteiger partial charge in [0.2, 0.25) is 11.8 Å². The van der Waals surface area contributed by atoms with Crippen molar-refractivity contribution in [1.29, 1.82) is 0 Å². The smallest absolute Gasteiger partial charge is 0.326 e. The standard InChI is InChI=1S/C20H20F2N2O4/c1-12(25)23-17(10-13-5-4-7-15(21)9-13)19(26)24-18(20(27)28)11-14-6-2-3-8-16(14)22/h2-9,17-18H,10-11H2,1H3,(H,23,25)(H,24,26)(H,27,28)/t17-,18-/m0/s1. The molecule has 0 aliphatic carbocycles. The molecule has 0 aliphatic heterocycles. The van der Waals surface area contributed by atoms with Crippen LogP contribution in [0.1, 0.15) is 18.1 Å². The Morgan fingerprint density at radius 1 is 0.964 bits per heavy atom. The van der Waals surface area contributed by atoms with Gasteiger partial charge in [0.25, 0.3) is 0 Å². The van der Waals surface area contributed by atoms with Gasteiger partial charge in [0.1, 0.15) is 23.7 Å². The van der Waals surface area contributed by atoms with E-state index in [-0.39, 0.29) is 18.4 Å². The van der Waals surface area contributed by atoms with Crippen LogP contribution in [0.2, 0.25) is 0 Å². The maximum absolute atomic E-state index is 13.8. The first-order valence-electron chi connectivity index (χ1n) is 8.54. The molecule has 0 fully saturated rings. The molecular weight excluding hydrogens is 370 g/mol. The summed E-state index contributed by atoms with van der Waals surface area (Å²) in [5.74, 6) is -3.69. The maximum atomic E-state index is 13.8. The van der Waals surface area contributed by atoms with Crippen molar-refractivity contribution >= 4 is 17.8 Å². The van der Waals surface area contributed by atoms with Gasteiger partial charge >= 0.3 is 5.97 Å². The zero-order valence-electron chi connectivity index (χ0n) is 15.1. The number of aliphatic carboxylic acids is 1. The van der Waals surface area contributed by atoms with Crippen LogP contribution < -0.4 is 10.6 Å². The minimum absolute atomic E-state index is 0.0325. The molecule has 3 N–H and O–H groups in total. The molecular formula is C20H20F2N2O4. The molecule has 0 saturated carbocycles. The Labute approximate surface area is 160 Å². The van der Waals surface area contributed by atoms with E-state index >= 15 is 0 Å². The van der Waals surface area contributed by atoms with E-state index in [4.69, 9.17) is 0 Å². The molecule has 2 aromatic carbocycles. The summed E-state index contributed by atoms with van der Waals surface area (Å²) < 4.78 is 27.2. The van der Waals surface area contributed by atoms with Crippen LogP contribution in [0.3, 0.4) is 0 Å². The molecule has 0 radical (unpaired) electrons. The Morgan fingerprint density at radius 2 is 1.68 bits per heavy atom. The van der Waals surface area contributed by atoms with Crippen molar-refractivity contribution in [2.45, 2.75) is 31.8 Å². The molecule has 2 aromatic rings. The molecule has 0 spiro atoms. The predicted molar refractivity (Wildman–Crippen MR) is 97.4 cm³/mol. The van der Waals surface area contributed by atoms with E-state index < -0.39 is 41.5 Å². The minimum Gasteiger partial charge on any atom is -0.480 e. The first kappa shape index (κ1) is 21.0. The van der Waals surface area contributed by atoms with E-state index in [1.54, 1.807) is 12.1 Å². The van der Waals surface area contributed by atoms with Crippen molar-refractivity contribution < 1.29 is 28.3 Å². The van der Waals surface area contributed by atoms with Crippen LogP contribution in [0.25, 0.3) is 0 Å². The molecule has 0 saturated heterocycles. The molecule has 2 amide bonds. The van der Waals surface area contributed by atoms with Gasteiger partial charge in [-0.05, 0) is 29.3 Å². The number of carboxylic acid groups (broad SMARTS) is 1. The average molecular weight is 390 g/mol. The lowest BCUT2D eigenvalue weighted by atomic mass is 10.0. The summed E-state index contributed by atoms with van der Waals surface area (Å²) in [5, 5.41) is 14.1. The number of hydrogen-bond acceptors (Lipinski definition) is 3. The Bertz CT molecular complexity index is 873. The number of hydrogen-bond donors (Lipinski definition) is 3. The SMILES string of the molecule is CC(=O)N[C@@H](Cc1cccc(F)c1)C(=O)N[C@@H](Cc1ccccc1F)C(=O)O. The fourth-order valence-corrected chi connectivity index (χ4v) is 2.71. The van der Waals surface area contributed by atoms with Crippen LogP contribution in [0.15, 0.2) is 48.5 Å². The molecule has 0 bridgehead atoms. The summed E-state index contributed by atoms with van der Waals surface area (Å²) >= 11 is 0. The van der Waals surface area contributed by atoms with Crippen LogP contribution >= 0.6 is 0 Å². The van der Waals surface area contributed by atoms with Crippen LogP contribution in [0, 0.1) is 11.6 Å². The summed E-state index contributed by atoms with van der Waals surface area (Å²) in [6.45, 7) is 1.21. The van der Waals surface area contributed by atoms with E-state index in [2.05, 4.69) is 10.6 Å². The summed E-state index contributed by atoms with van der Waals surface area (Å²) in [6.07, 6.45) is -0.296. The zero-order valence-corrected chi connectivity index (χ0v) is 15.1. The number of benzene rings is 2. The van der Waals surface area contributed by atoms with Crippen LogP contribution in [-0.4, -0.2) is 35.0 Å². The number of nitrogens with one attached hydrogen (secondary N) is 2. The average Bonchev–Trinajstić information content (AvgIpc) is 2.61. The van der Waals surface area contributed by atoms with Gasteiger partial charge in [-0.15, -0.1) is 0 Å². The lowest BCUT2D eigenvalue weighted by molar-refractivity contribution is -0.142. The second kappa shape index (κ2) is 9.59. The summed E-state index contributed by atoms with van der Waals surface area (Å²) in [7, 11) is 0. The van der Waals surface area contributed by atoms with Gasteiger partial charge in [0.05, 0.1) is 0 Å². The second-order valence-corrected chi connectivity index (χ2v) is 6.28. The Balaban J connectivity index is 2.15. The van der Waals surface area contributed by atoms with Crippen molar-refractivity contribution in [2.75, 3.05) is 0 Å². The Kier molecular flexibility index (Phi) is 7.20. The number of halogens is 2. The largest absolute Gasteiger partial charge is 0.480 e. The van der Waals surface area contributed by atoms with Crippen LogP contribution in [0.5, 0.6) is 0 Å². The van der Waals surface area contributed by atoms with Crippen molar-refractivity contribution in [3.05, 3.63) is 71.3 Å². The molecule has 6 nitrogen and oxygen atoms in total. The highest BCUT2D eigenvalue weighted by molar-refractivity contribution is 5.90. The molecule has 2 rings (SSSR count).